The van der Waals surface area contributed by atoms with Crippen molar-refractivity contribution in [2.45, 2.75) is 41.5 Å². The molecular formula is C16H27N3O. The zero-order valence-corrected chi connectivity index (χ0v) is 13.5. The van der Waals surface area contributed by atoms with Gasteiger partial charge in [0.2, 0.25) is 0 Å². The minimum atomic E-state index is -0.0674. The van der Waals surface area contributed by atoms with Crippen molar-refractivity contribution in [2.75, 3.05) is 18.4 Å². The van der Waals surface area contributed by atoms with Crippen LogP contribution in [0.3, 0.4) is 0 Å². The number of carbonyl (C=O) groups excluding carboxylic acids is 1. The van der Waals surface area contributed by atoms with E-state index in [9.17, 15) is 4.79 Å². The molecule has 0 aromatic carbocycles. The van der Waals surface area contributed by atoms with E-state index in [1.54, 1.807) is 6.20 Å². The molecule has 1 heterocycles. The summed E-state index contributed by atoms with van der Waals surface area (Å²) < 4.78 is 0. The first kappa shape index (κ1) is 16.5. The van der Waals surface area contributed by atoms with Crippen molar-refractivity contribution in [2.24, 2.45) is 11.3 Å². The Kier molecular flexibility index (Phi) is 5.54. The van der Waals surface area contributed by atoms with E-state index in [4.69, 9.17) is 0 Å². The summed E-state index contributed by atoms with van der Waals surface area (Å²) in [6, 6.07) is 1.91. The second kappa shape index (κ2) is 6.73. The van der Waals surface area contributed by atoms with Crippen LogP contribution in [0, 0.1) is 18.3 Å². The van der Waals surface area contributed by atoms with Gasteiger partial charge in [-0.05, 0) is 31.2 Å². The van der Waals surface area contributed by atoms with Crippen LogP contribution in [0.25, 0.3) is 0 Å². The van der Waals surface area contributed by atoms with Crippen molar-refractivity contribution < 1.29 is 4.79 Å². The number of aryl methyl sites for hydroxylation is 1. The van der Waals surface area contributed by atoms with Gasteiger partial charge in [0.25, 0.3) is 5.91 Å². The number of rotatable bonds is 6. The topological polar surface area (TPSA) is 54.0 Å². The van der Waals surface area contributed by atoms with E-state index in [1.807, 2.05) is 19.9 Å². The fourth-order valence-electron chi connectivity index (χ4n) is 1.68. The van der Waals surface area contributed by atoms with Gasteiger partial charge in [-0.1, -0.05) is 27.7 Å². The van der Waals surface area contributed by atoms with Gasteiger partial charge in [0, 0.05) is 25.0 Å². The van der Waals surface area contributed by atoms with Crippen LogP contribution in [0.15, 0.2) is 12.3 Å². The number of nitrogens with one attached hydrogen (secondary N) is 2. The highest BCUT2D eigenvalue weighted by molar-refractivity contribution is 5.99. The molecule has 1 rings (SSSR count). The quantitative estimate of drug-likeness (QED) is 0.839. The van der Waals surface area contributed by atoms with Crippen LogP contribution >= 0.6 is 0 Å². The summed E-state index contributed by atoms with van der Waals surface area (Å²) in [6.07, 6.45) is 1.64. The summed E-state index contributed by atoms with van der Waals surface area (Å²) >= 11 is 0. The third kappa shape index (κ3) is 4.22. The number of hydrogen-bond donors (Lipinski definition) is 2. The average Bonchev–Trinajstić information content (AvgIpc) is 2.36. The van der Waals surface area contributed by atoms with Gasteiger partial charge in [-0.25, -0.2) is 0 Å². The number of aromatic nitrogens is 1. The van der Waals surface area contributed by atoms with Crippen molar-refractivity contribution in [1.29, 1.82) is 0 Å². The summed E-state index contributed by atoms with van der Waals surface area (Å²) in [5.41, 5.74) is 2.43. The van der Waals surface area contributed by atoms with Crippen LogP contribution in [0.5, 0.6) is 0 Å². The van der Waals surface area contributed by atoms with Gasteiger partial charge < -0.3 is 10.6 Å². The molecule has 0 atom stereocenters. The number of amides is 1. The monoisotopic (exact) mass is 277 g/mol. The molecule has 4 nitrogen and oxygen atoms in total. The molecule has 2 N–H and O–H groups in total. The maximum absolute atomic E-state index is 12.3. The highest BCUT2D eigenvalue weighted by Crippen LogP contribution is 2.25. The fraction of sp³-hybridized carbons (Fsp3) is 0.625. The lowest BCUT2D eigenvalue weighted by atomic mass is 9.81. The highest BCUT2D eigenvalue weighted by Gasteiger charge is 2.23. The first-order valence-corrected chi connectivity index (χ1v) is 7.26. The zero-order chi connectivity index (χ0) is 15.3. The van der Waals surface area contributed by atoms with E-state index in [-0.39, 0.29) is 11.3 Å². The largest absolute Gasteiger partial charge is 0.385 e. The Morgan fingerprint density at radius 2 is 2.05 bits per heavy atom. The summed E-state index contributed by atoms with van der Waals surface area (Å²) in [5, 5.41) is 6.24. The van der Waals surface area contributed by atoms with Crippen molar-refractivity contribution in [3.05, 3.63) is 23.5 Å². The number of carbonyl (C=O) groups is 1. The van der Waals surface area contributed by atoms with E-state index in [0.717, 1.165) is 17.9 Å². The number of nitrogens with zero attached hydrogens (tertiary/aromatic N) is 1. The first-order valence-electron chi connectivity index (χ1n) is 7.26. The Morgan fingerprint density at radius 1 is 1.40 bits per heavy atom. The number of pyridine rings is 1. The molecule has 0 spiro atoms. The molecule has 1 aromatic heterocycles. The molecule has 0 saturated heterocycles. The van der Waals surface area contributed by atoms with Gasteiger partial charge >= 0.3 is 0 Å². The maximum atomic E-state index is 12.3. The molecule has 0 unspecified atom stereocenters. The normalized spacial score (nSPS) is 11.6. The Morgan fingerprint density at radius 3 is 2.60 bits per heavy atom. The minimum absolute atomic E-state index is 0.0674. The third-order valence-corrected chi connectivity index (χ3v) is 3.92. The number of hydrogen-bond acceptors (Lipinski definition) is 3. The molecule has 0 radical (unpaired) electrons. The number of anilines is 1. The second-order valence-electron chi connectivity index (χ2n) is 6.23. The maximum Gasteiger partial charge on any atom is 0.254 e. The molecule has 1 amide bonds. The van der Waals surface area contributed by atoms with Crippen molar-refractivity contribution in [3.8, 4) is 0 Å². The van der Waals surface area contributed by atoms with Gasteiger partial charge in [-0.3, -0.25) is 9.78 Å². The first-order chi connectivity index (χ1) is 9.27. The van der Waals surface area contributed by atoms with Crippen molar-refractivity contribution in [1.82, 2.24) is 10.3 Å². The van der Waals surface area contributed by atoms with Gasteiger partial charge in [0.15, 0.2) is 0 Å². The zero-order valence-electron chi connectivity index (χ0n) is 13.5. The predicted octanol–water partition coefficient (Wildman–Crippen LogP) is 3.23. The third-order valence-electron chi connectivity index (χ3n) is 3.92. The molecule has 0 bridgehead atoms. The summed E-state index contributed by atoms with van der Waals surface area (Å²) in [5.74, 6) is 0.439. The Bertz CT molecular complexity index is 467. The molecular weight excluding hydrogens is 250 g/mol. The van der Waals surface area contributed by atoms with E-state index in [2.05, 4.69) is 43.3 Å². The van der Waals surface area contributed by atoms with E-state index < -0.39 is 0 Å². The molecule has 20 heavy (non-hydrogen) atoms. The SMILES string of the molecule is CCNc1cc(C)ncc1C(=O)NCC(C)(C)C(C)C. The van der Waals surface area contributed by atoms with Gasteiger partial charge in [-0.15, -0.1) is 0 Å². The molecule has 0 saturated carbocycles. The lowest BCUT2D eigenvalue weighted by Gasteiger charge is -2.29. The predicted molar refractivity (Wildman–Crippen MR) is 84.1 cm³/mol. The molecule has 1 aromatic rings. The molecule has 0 aliphatic rings. The lowest BCUT2D eigenvalue weighted by molar-refractivity contribution is 0.0925. The smallest absolute Gasteiger partial charge is 0.254 e. The van der Waals surface area contributed by atoms with Gasteiger partial charge in [-0.2, -0.15) is 0 Å². The Labute approximate surface area is 122 Å². The average molecular weight is 277 g/mol. The summed E-state index contributed by atoms with van der Waals surface area (Å²) in [4.78, 5) is 16.6. The van der Waals surface area contributed by atoms with Crippen molar-refractivity contribution in [3.63, 3.8) is 0 Å². The standard InChI is InChI=1S/C16H27N3O/c1-7-17-14-8-12(4)18-9-13(14)15(20)19-10-16(5,6)11(2)3/h8-9,11H,7,10H2,1-6H3,(H,17,18)(H,19,20). The molecule has 4 heteroatoms. The van der Waals surface area contributed by atoms with E-state index in [0.29, 0.717) is 18.0 Å². The second-order valence-corrected chi connectivity index (χ2v) is 6.23. The molecule has 0 aliphatic carbocycles. The van der Waals surface area contributed by atoms with Gasteiger partial charge in [0.1, 0.15) is 0 Å². The van der Waals surface area contributed by atoms with Crippen LogP contribution in [0.4, 0.5) is 5.69 Å². The minimum Gasteiger partial charge on any atom is -0.385 e. The van der Waals surface area contributed by atoms with Crippen LogP contribution in [0.1, 0.15) is 50.7 Å². The van der Waals surface area contributed by atoms with Crippen LogP contribution in [-0.4, -0.2) is 24.0 Å². The molecule has 112 valence electrons. The summed E-state index contributed by atoms with van der Waals surface area (Å²) in [7, 11) is 0. The van der Waals surface area contributed by atoms with E-state index in [1.165, 1.54) is 0 Å². The molecule has 0 fully saturated rings. The van der Waals surface area contributed by atoms with Crippen LogP contribution < -0.4 is 10.6 Å². The lowest BCUT2D eigenvalue weighted by Crippen LogP contribution is -2.37. The van der Waals surface area contributed by atoms with Crippen LogP contribution in [-0.2, 0) is 0 Å². The Balaban J connectivity index is 2.82. The Hall–Kier alpha value is -1.58. The van der Waals surface area contributed by atoms with Crippen molar-refractivity contribution >= 4 is 11.6 Å². The van der Waals surface area contributed by atoms with Gasteiger partial charge in [0.05, 0.1) is 11.3 Å². The highest BCUT2D eigenvalue weighted by atomic mass is 16.1. The van der Waals surface area contributed by atoms with E-state index >= 15 is 0 Å². The summed E-state index contributed by atoms with van der Waals surface area (Å²) in [6.45, 7) is 14.0. The molecule has 0 aliphatic heterocycles. The van der Waals surface area contributed by atoms with Crippen LogP contribution in [0.2, 0.25) is 0 Å². The fourth-order valence-corrected chi connectivity index (χ4v) is 1.68.